The van der Waals surface area contributed by atoms with Gasteiger partial charge in [-0.15, -0.1) is 0 Å². The number of hydrogen-bond donors (Lipinski definition) is 1. The third kappa shape index (κ3) is 4.95. The second-order valence-corrected chi connectivity index (χ2v) is 7.86. The van der Waals surface area contributed by atoms with Gasteiger partial charge in [0.15, 0.2) is 0 Å². The van der Waals surface area contributed by atoms with Gasteiger partial charge in [-0.1, -0.05) is 52.6 Å². The topological polar surface area (TPSA) is 29.1 Å². The molecule has 0 aliphatic rings. The lowest BCUT2D eigenvalue weighted by Crippen LogP contribution is -2.23. The van der Waals surface area contributed by atoms with Crippen LogP contribution < -0.4 is 5.32 Å². The van der Waals surface area contributed by atoms with Gasteiger partial charge < -0.3 is 5.32 Å². The van der Waals surface area contributed by atoms with Crippen LogP contribution in [0.4, 0.5) is 0 Å². The second-order valence-electron chi connectivity index (χ2n) is 5.46. The Hall–Kier alpha value is -1.65. The molecule has 0 fully saturated rings. The maximum Gasteiger partial charge on any atom is 0.251 e. The molecule has 0 saturated heterocycles. The summed E-state index contributed by atoms with van der Waals surface area (Å²) in [5, 5.41) is 4.80. The fourth-order valence-corrected chi connectivity index (χ4v) is 3.84. The van der Waals surface area contributed by atoms with E-state index in [-0.39, 0.29) is 5.91 Å². The first-order chi connectivity index (χ1) is 12.5. The number of carbonyl (C=O) groups is 1. The minimum absolute atomic E-state index is 0.177. The van der Waals surface area contributed by atoms with Crippen molar-refractivity contribution < 1.29 is 4.79 Å². The number of amides is 1. The molecule has 26 heavy (non-hydrogen) atoms. The molecule has 3 aromatic carbocycles. The van der Waals surface area contributed by atoms with E-state index in [0.29, 0.717) is 27.2 Å². The average molecular weight is 423 g/mol. The molecule has 0 bridgehead atoms. The molecule has 2 nitrogen and oxygen atoms in total. The van der Waals surface area contributed by atoms with E-state index in [1.807, 2.05) is 42.5 Å². The van der Waals surface area contributed by atoms with Gasteiger partial charge in [-0.3, -0.25) is 4.79 Å². The van der Waals surface area contributed by atoms with Crippen molar-refractivity contribution in [1.82, 2.24) is 5.32 Å². The van der Waals surface area contributed by atoms with E-state index in [4.69, 9.17) is 34.8 Å². The molecule has 1 amide bonds. The summed E-state index contributed by atoms with van der Waals surface area (Å²) in [7, 11) is 0. The maximum atomic E-state index is 12.3. The van der Waals surface area contributed by atoms with Crippen LogP contribution >= 0.6 is 46.6 Å². The molecular formula is C20H14Cl3NOS. The predicted molar refractivity (Wildman–Crippen MR) is 110 cm³/mol. The molecule has 0 saturated carbocycles. The van der Waals surface area contributed by atoms with Gasteiger partial charge in [-0.05, 0) is 60.7 Å². The van der Waals surface area contributed by atoms with E-state index in [1.165, 1.54) is 0 Å². The van der Waals surface area contributed by atoms with Gasteiger partial charge in [0.2, 0.25) is 0 Å². The molecule has 0 aliphatic heterocycles. The first-order valence-electron chi connectivity index (χ1n) is 7.77. The van der Waals surface area contributed by atoms with Crippen molar-refractivity contribution in [2.75, 3.05) is 0 Å². The highest BCUT2D eigenvalue weighted by atomic mass is 35.5. The molecule has 0 aromatic heterocycles. The third-order valence-corrected chi connectivity index (χ3v) is 5.62. The second kappa shape index (κ2) is 8.83. The number of nitrogens with one attached hydrogen (secondary N) is 1. The Labute approximate surface area is 171 Å². The average Bonchev–Trinajstić information content (AvgIpc) is 2.63. The third-order valence-electron chi connectivity index (χ3n) is 3.65. The minimum atomic E-state index is -0.177. The van der Waals surface area contributed by atoms with Gasteiger partial charge >= 0.3 is 0 Å². The Balaban J connectivity index is 1.75. The smallest absolute Gasteiger partial charge is 0.251 e. The summed E-state index contributed by atoms with van der Waals surface area (Å²) < 4.78 is 0. The number of halogens is 3. The first-order valence-corrected chi connectivity index (χ1v) is 9.72. The van der Waals surface area contributed by atoms with Crippen LogP contribution in [0.15, 0.2) is 76.5 Å². The fraction of sp³-hybridized carbons (Fsp3) is 0.0500. The highest BCUT2D eigenvalue weighted by Gasteiger charge is 2.11. The molecule has 0 atom stereocenters. The highest BCUT2D eigenvalue weighted by Crippen LogP contribution is 2.34. The van der Waals surface area contributed by atoms with Crippen molar-refractivity contribution in [2.24, 2.45) is 0 Å². The summed E-state index contributed by atoms with van der Waals surface area (Å²) in [6.07, 6.45) is 0. The molecule has 6 heteroatoms. The number of carbonyl (C=O) groups excluding carboxylic acids is 1. The summed E-state index contributed by atoms with van der Waals surface area (Å²) in [6.45, 7) is 0.330. The van der Waals surface area contributed by atoms with Crippen LogP contribution in [-0.4, -0.2) is 5.91 Å². The summed E-state index contributed by atoms with van der Waals surface area (Å²) in [6, 6.07) is 20.0. The van der Waals surface area contributed by atoms with Gasteiger partial charge in [0.05, 0.1) is 0 Å². The first kappa shape index (κ1) is 19.1. The van der Waals surface area contributed by atoms with E-state index >= 15 is 0 Å². The number of benzene rings is 3. The molecular weight excluding hydrogens is 409 g/mol. The molecule has 3 rings (SSSR count). The summed E-state index contributed by atoms with van der Waals surface area (Å²) >= 11 is 19.7. The van der Waals surface area contributed by atoms with Gasteiger partial charge in [-0.25, -0.2) is 0 Å². The molecule has 0 heterocycles. The molecule has 3 aromatic rings. The van der Waals surface area contributed by atoms with Crippen LogP contribution in [0.25, 0.3) is 0 Å². The lowest BCUT2D eigenvalue weighted by Gasteiger charge is -2.12. The maximum absolute atomic E-state index is 12.3. The molecule has 0 spiro atoms. The van der Waals surface area contributed by atoms with Crippen LogP contribution in [0.2, 0.25) is 15.1 Å². The monoisotopic (exact) mass is 421 g/mol. The van der Waals surface area contributed by atoms with E-state index in [9.17, 15) is 4.79 Å². The zero-order chi connectivity index (χ0) is 18.5. The molecule has 1 N–H and O–H groups in total. The summed E-state index contributed by atoms with van der Waals surface area (Å²) in [4.78, 5) is 14.4. The zero-order valence-corrected chi connectivity index (χ0v) is 16.6. The SMILES string of the molecule is O=C(NCc1c(Cl)cccc1Sc1ccc(Cl)cc1)c1ccc(Cl)cc1. The van der Waals surface area contributed by atoms with Crippen LogP contribution in [0.3, 0.4) is 0 Å². The summed E-state index contributed by atoms with van der Waals surface area (Å²) in [5.41, 5.74) is 1.42. The van der Waals surface area contributed by atoms with Gasteiger partial charge in [0, 0.05) is 42.5 Å². The Bertz CT molecular complexity index is 911. The minimum Gasteiger partial charge on any atom is -0.348 e. The normalized spacial score (nSPS) is 10.6. The van der Waals surface area contributed by atoms with Crippen molar-refractivity contribution in [2.45, 2.75) is 16.3 Å². The van der Waals surface area contributed by atoms with Crippen LogP contribution in [-0.2, 0) is 6.54 Å². The standard InChI is InChI=1S/C20H14Cl3NOS/c21-14-6-4-13(5-7-14)20(25)24-12-17-18(23)2-1-3-19(17)26-16-10-8-15(22)9-11-16/h1-11H,12H2,(H,24,25). The molecule has 0 radical (unpaired) electrons. The van der Waals surface area contributed by atoms with Crippen molar-refractivity contribution in [3.63, 3.8) is 0 Å². The number of rotatable bonds is 5. The van der Waals surface area contributed by atoms with Gasteiger partial charge in [0.1, 0.15) is 0 Å². The van der Waals surface area contributed by atoms with Gasteiger partial charge in [-0.2, -0.15) is 0 Å². The van der Waals surface area contributed by atoms with E-state index in [2.05, 4.69) is 5.32 Å². The van der Waals surface area contributed by atoms with Crippen molar-refractivity contribution in [1.29, 1.82) is 0 Å². The van der Waals surface area contributed by atoms with Crippen molar-refractivity contribution in [3.8, 4) is 0 Å². The molecule has 132 valence electrons. The van der Waals surface area contributed by atoms with Crippen LogP contribution in [0, 0.1) is 0 Å². The summed E-state index contributed by atoms with van der Waals surface area (Å²) in [5.74, 6) is -0.177. The quantitative estimate of drug-likeness (QED) is 0.494. The largest absolute Gasteiger partial charge is 0.348 e. The van der Waals surface area contributed by atoms with Crippen LogP contribution in [0.5, 0.6) is 0 Å². The Morgan fingerprint density at radius 1 is 0.846 bits per heavy atom. The zero-order valence-electron chi connectivity index (χ0n) is 13.5. The van der Waals surface area contributed by atoms with E-state index in [0.717, 1.165) is 15.4 Å². The molecule has 0 aliphatic carbocycles. The van der Waals surface area contributed by atoms with Crippen molar-refractivity contribution >= 4 is 52.5 Å². The van der Waals surface area contributed by atoms with E-state index in [1.54, 1.807) is 36.0 Å². The lowest BCUT2D eigenvalue weighted by molar-refractivity contribution is 0.0950. The fourth-order valence-electron chi connectivity index (χ4n) is 2.31. The Morgan fingerprint density at radius 2 is 1.46 bits per heavy atom. The van der Waals surface area contributed by atoms with E-state index < -0.39 is 0 Å². The lowest BCUT2D eigenvalue weighted by atomic mass is 10.2. The number of hydrogen-bond acceptors (Lipinski definition) is 2. The molecule has 0 unspecified atom stereocenters. The van der Waals surface area contributed by atoms with Crippen LogP contribution in [0.1, 0.15) is 15.9 Å². The van der Waals surface area contributed by atoms with Crippen molar-refractivity contribution in [3.05, 3.63) is 92.9 Å². The Kier molecular flexibility index (Phi) is 6.49. The predicted octanol–water partition coefficient (Wildman–Crippen LogP) is 6.73. The highest BCUT2D eigenvalue weighted by molar-refractivity contribution is 7.99. The Morgan fingerprint density at radius 3 is 2.12 bits per heavy atom. The van der Waals surface area contributed by atoms with Gasteiger partial charge in [0.25, 0.3) is 5.91 Å².